The first-order valence-corrected chi connectivity index (χ1v) is 8.63. The zero-order valence-electron chi connectivity index (χ0n) is 13.8. The van der Waals surface area contributed by atoms with E-state index in [1.54, 1.807) is 48.0 Å². The third-order valence-corrected chi connectivity index (χ3v) is 4.57. The van der Waals surface area contributed by atoms with E-state index in [1.807, 2.05) is 6.07 Å². The largest absolute Gasteiger partial charge is 0.325 e. The number of halogens is 1. The smallest absolute Gasteiger partial charge is 0.234 e. The molecule has 3 aromatic rings. The molecule has 0 fully saturated rings. The lowest BCUT2D eigenvalue weighted by atomic mass is 10.2. The molecule has 0 atom stereocenters. The highest BCUT2D eigenvalue weighted by Gasteiger charge is 2.13. The molecular weight excluding hydrogens is 353 g/mol. The highest BCUT2D eigenvalue weighted by molar-refractivity contribution is 7.99. The van der Waals surface area contributed by atoms with Gasteiger partial charge in [-0.3, -0.25) is 4.79 Å². The van der Waals surface area contributed by atoms with Crippen molar-refractivity contribution in [3.05, 3.63) is 59.9 Å². The number of anilines is 1. The first kappa shape index (κ1) is 17.6. The highest BCUT2D eigenvalue weighted by atomic mass is 32.2. The normalized spacial score (nSPS) is 10.3. The Morgan fingerprint density at radius 3 is 2.77 bits per heavy atom. The molecule has 0 aliphatic heterocycles. The van der Waals surface area contributed by atoms with Crippen LogP contribution in [-0.2, 0) is 11.8 Å². The second-order valence-corrected chi connectivity index (χ2v) is 6.34. The molecule has 26 heavy (non-hydrogen) atoms. The summed E-state index contributed by atoms with van der Waals surface area (Å²) in [4.78, 5) is 12.1. The van der Waals surface area contributed by atoms with Gasteiger partial charge in [-0.25, -0.2) is 4.39 Å². The molecule has 2 aromatic carbocycles. The number of nitrogens with one attached hydrogen (secondary N) is 1. The second-order valence-electron chi connectivity index (χ2n) is 5.40. The van der Waals surface area contributed by atoms with Gasteiger partial charge in [-0.1, -0.05) is 17.8 Å². The van der Waals surface area contributed by atoms with E-state index in [2.05, 4.69) is 15.5 Å². The van der Waals surface area contributed by atoms with Crippen LogP contribution in [0.4, 0.5) is 10.1 Å². The summed E-state index contributed by atoms with van der Waals surface area (Å²) in [7, 11) is 1.79. The van der Waals surface area contributed by atoms with Gasteiger partial charge in [0.15, 0.2) is 11.0 Å². The summed E-state index contributed by atoms with van der Waals surface area (Å²) in [5.41, 5.74) is 1.79. The van der Waals surface area contributed by atoms with Gasteiger partial charge < -0.3 is 9.88 Å². The standard InChI is InChI=1S/C18H14FN5OS/c1-24-17(13-5-7-14(19)8-6-13)22-23-18(24)26-11-16(25)21-15-4-2-3-12(9-15)10-20/h2-9H,11H2,1H3,(H,21,25). The number of carbonyl (C=O) groups is 1. The number of aromatic nitrogens is 3. The predicted octanol–water partition coefficient (Wildman–Crippen LogP) is 3.22. The zero-order chi connectivity index (χ0) is 18.5. The van der Waals surface area contributed by atoms with Crippen molar-refractivity contribution in [1.82, 2.24) is 14.8 Å². The van der Waals surface area contributed by atoms with Gasteiger partial charge in [0.25, 0.3) is 0 Å². The van der Waals surface area contributed by atoms with Crippen molar-refractivity contribution in [2.45, 2.75) is 5.16 Å². The fraction of sp³-hybridized carbons (Fsp3) is 0.111. The Labute approximate surface area is 153 Å². The second kappa shape index (κ2) is 7.80. The molecule has 0 aliphatic rings. The Hall–Kier alpha value is -3.18. The van der Waals surface area contributed by atoms with E-state index in [0.29, 0.717) is 22.2 Å². The molecule has 6 nitrogen and oxygen atoms in total. The van der Waals surface area contributed by atoms with Gasteiger partial charge >= 0.3 is 0 Å². The number of amides is 1. The van der Waals surface area contributed by atoms with Crippen LogP contribution in [0.25, 0.3) is 11.4 Å². The molecule has 0 bridgehead atoms. The molecule has 0 aliphatic carbocycles. The minimum atomic E-state index is -0.317. The van der Waals surface area contributed by atoms with Crippen molar-refractivity contribution >= 4 is 23.4 Å². The molecule has 0 unspecified atom stereocenters. The summed E-state index contributed by atoms with van der Waals surface area (Å²) in [6, 6.07) is 14.7. The molecule has 1 amide bonds. The summed E-state index contributed by atoms with van der Waals surface area (Å²) >= 11 is 1.24. The average molecular weight is 367 g/mol. The van der Waals surface area contributed by atoms with E-state index in [4.69, 9.17) is 5.26 Å². The SMILES string of the molecule is Cn1c(SCC(=O)Nc2cccc(C#N)c2)nnc1-c1ccc(F)cc1. The van der Waals surface area contributed by atoms with E-state index < -0.39 is 0 Å². The highest BCUT2D eigenvalue weighted by Crippen LogP contribution is 2.23. The van der Waals surface area contributed by atoms with Crippen LogP contribution in [0.1, 0.15) is 5.56 Å². The van der Waals surface area contributed by atoms with Crippen LogP contribution < -0.4 is 5.32 Å². The molecule has 0 saturated carbocycles. The topological polar surface area (TPSA) is 83.6 Å². The van der Waals surface area contributed by atoms with Gasteiger partial charge in [0, 0.05) is 18.3 Å². The Morgan fingerprint density at radius 1 is 1.27 bits per heavy atom. The van der Waals surface area contributed by atoms with Crippen LogP contribution >= 0.6 is 11.8 Å². The number of carbonyl (C=O) groups excluding carboxylic acids is 1. The molecule has 1 aromatic heterocycles. The third-order valence-electron chi connectivity index (χ3n) is 3.55. The molecule has 1 N–H and O–H groups in total. The Morgan fingerprint density at radius 2 is 2.04 bits per heavy atom. The van der Waals surface area contributed by atoms with Crippen molar-refractivity contribution in [1.29, 1.82) is 5.26 Å². The van der Waals surface area contributed by atoms with Gasteiger partial charge in [0.1, 0.15) is 5.82 Å². The van der Waals surface area contributed by atoms with Crippen molar-refractivity contribution in [3.63, 3.8) is 0 Å². The van der Waals surface area contributed by atoms with Gasteiger partial charge in [0.2, 0.25) is 5.91 Å². The lowest BCUT2D eigenvalue weighted by Gasteiger charge is -2.06. The average Bonchev–Trinajstić information content (AvgIpc) is 3.01. The fourth-order valence-corrected chi connectivity index (χ4v) is 3.00. The molecule has 130 valence electrons. The van der Waals surface area contributed by atoms with Crippen LogP contribution in [0.5, 0.6) is 0 Å². The number of rotatable bonds is 5. The monoisotopic (exact) mass is 367 g/mol. The lowest BCUT2D eigenvalue weighted by Crippen LogP contribution is -2.14. The first-order chi connectivity index (χ1) is 12.6. The van der Waals surface area contributed by atoms with Gasteiger partial charge in [-0.2, -0.15) is 5.26 Å². The van der Waals surface area contributed by atoms with E-state index in [1.165, 1.54) is 23.9 Å². The Bertz CT molecular complexity index is 978. The van der Waals surface area contributed by atoms with Gasteiger partial charge in [-0.05, 0) is 42.5 Å². The number of hydrogen-bond acceptors (Lipinski definition) is 5. The number of nitrogens with zero attached hydrogens (tertiary/aromatic N) is 4. The summed E-state index contributed by atoms with van der Waals surface area (Å²) in [6.45, 7) is 0. The fourth-order valence-electron chi connectivity index (χ4n) is 2.28. The summed E-state index contributed by atoms with van der Waals surface area (Å²) in [5, 5.41) is 20.4. The number of benzene rings is 2. The van der Waals surface area contributed by atoms with Crippen molar-refractivity contribution in [2.75, 3.05) is 11.1 Å². The Kier molecular flexibility index (Phi) is 5.29. The summed E-state index contributed by atoms with van der Waals surface area (Å²) in [6.07, 6.45) is 0. The summed E-state index contributed by atoms with van der Waals surface area (Å²) in [5.74, 6) is 0.209. The molecule has 0 saturated heterocycles. The van der Waals surface area contributed by atoms with Crippen molar-refractivity contribution in [3.8, 4) is 17.5 Å². The number of thioether (sulfide) groups is 1. The van der Waals surface area contributed by atoms with Crippen LogP contribution in [0.15, 0.2) is 53.7 Å². The first-order valence-electron chi connectivity index (χ1n) is 7.65. The maximum absolute atomic E-state index is 13.0. The zero-order valence-corrected chi connectivity index (χ0v) is 14.6. The van der Waals surface area contributed by atoms with Gasteiger partial charge in [0.05, 0.1) is 17.4 Å². The summed E-state index contributed by atoms with van der Waals surface area (Å²) < 4.78 is 14.8. The van der Waals surface area contributed by atoms with Crippen LogP contribution in [0.2, 0.25) is 0 Å². The van der Waals surface area contributed by atoms with E-state index in [-0.39, 0.29) is 17.5 Å². The predicted molar refractivity (Wildman–Crippen MR) is 96.9 cm³/mol. The van der Waals surface area contributed by atoms with Gasteiger partial charge in [-0.15, -0.1) is 10.2 Å². The number of hydrogen-bond donors (Lipinski definition) is 1. The van der Waals surface area contributed by atoms with Crippen LogP contribution in [0.3, 0.4) is 0 Å². The quantitative estimate of drug-likeness (QED) is 0.700. The van der Waals surface area contributed by atoms with Crippen LogP contribution in [-0.4, -0.2) is 26.4 Å². The molecule has 0 spiro atoms. The van der Waals surface area contributed by atoms with E-state index >= 15 is 0 Å². The van der Waals surface area contributed by atoms with Crippen LogP contribution in [0, 0.1) is 17.1 Å². The third kappa shape index (κ3) is 4.07. The maximum atomic E-state index is 13.0. The molecule has 8 heteroatoms. The van der Waals surface area contributed by atoms with Crippen molar-refractivity contribution < 1.29 is 9.18 Å². The molecule has 0 radical (unpaired) electrons. The lowest BCUT2D eigenvalue weighted by molar-refractivity contribution is -0.113. The van der Waals surface area contributed by atoms with E-state index in [0.717, 1.165) is 5.56 Å². The Balaban J connectivity index is 1.64. The van der Waals surface area contributed by atoms with E-state index in [9.17, 15) is 9.18 Å². The maximum Gasteiger partial charge on any atom is 0.234 e. The minimum Gasteiger partial charge on any atom is -0.325 e. The minimum absolute atomic E-state index is 0.145. The molecular formula is C18H14FN5OS. The van der Waals surface area contributed by atoms with Crippen molar-refractivity contribution in [2.24, 2.45) is 7.05 Å². The molecule has 1 heterocycles. The number of nitriles is 1. The molecule has 3 rings (SSSR count).